The number of carbonyl (C=O) groups excluding carboxylic acids is 1. The molecule has 0 saturated heterocycles. The van der Waals surface area contributed by atoms with Crippen LogP contribution in [0.25, 0.3) is 11.0 Å². The summed E-state index contributed by atoms with van der Waals surface area (Å²) < 4.78 is 11.9. The Kier molecular flexibility index (Phi) is 9.50. The first-order chi connectivity index (χ1) is 22.8. The number of rotatable bonds is 12. The molecule has 5 aromatic rings. The van der Waals surface area contributed by atoms with Gasteiger partial charge in [0, 0.05) is 0 Å². The Morgan fingerprint density at radius 3 is 1.98 bits per heavy atom. The standard InChI is InChI=1S/C39H40N4O4/c1-38(2,3)47-37(44)35(27-29-23-25-33(26-24-29)45-28-46-43-36-22-14-13-21-34(36)41-42-43)40-39(30-15-7-4-8-16-30,31-17-9-5-10-18-31)32-19-11-6-12-20-32/h4-23,25-26,29,35,40H,24,27-28H2,1-3H3/t29?,35-/m1/s1. The second kappa shape index (κ2) is 14.1. The number of carbonyl (C=O) groups is 1. The molecule has 1 heterocycles. The van der Waals surface area contributed by atoms with Crippen molar-refractivity contribution in [2.24, 2.45) is 5.92 Å². The van der Waals surface area contributed by atoms with E-state index in [0.717, 1.165) is 27.7 Å². The number of ether oxygens (including phenoxy) is 2. The molecule has 8 heteroatoms. The van der Waals surface area contributed by atoms with Crippen LogP contribution < -0.4 is 10.2 Å². The molecule has 0 spiro atoms. The molecule has 4 aromatic carbocycles. The Labute approximate surface area is 275 Å². The van der Waals surface area contributed by atoms with Crippen molar-refractivity contribution in [2.45, 2.75) is 50.8 Å². The molecule has 8 nitrogen and oxygen atoms in total. The Morgan fingerprint density at radius 1 is 0.851 bits per heavy atom. The number of allylic oxidation sites excluding steroid dienone is 3. The second-order valence-corrected chi connectivity index (χ2v) is 12.6. The van der Waals surface area contributed by atoms with E-state index in [1.165, 1.54) is 4.85 Å². The van der Waals surface area contributed by atoms with Crippen LogP contribution in [-0.4, -0.2) is 39.6 Å². The lowest BCUT2D eigenvalue weighted by atomic mass is 9.76. The second-order valence-electron chi connectivity index (χ2n) is 12.6. The minimum atomic E-state index is -0.823. The van der Waals surface area contributed by atoms with Gasteiger partial charge in [-0.15, -0.1) is 5.10 Å². The Hall–Kier alpha value is -5.21. The highest BCUT2D eigenvalue weighted by atomic mass is 16.8. The van der Waals surface area contributed by atoms with Crippen molar-refractivity contribution in [1.29, 1.82) is 0 Å². The number of esters is 1. The molecule has 1 unspecified atom stereocenters. The first kappa shape index (κ1) is 31.8. The van der Waals surface area contributed by atoms with Crippen LogP contribution in [0.2, 0.25) is 0 Å². The smallest absolute Gasteiger partial charge is 0.323 e. The topological polar surface area (TPSA) is 87.5 Å². The summed E-state index contributed by atoms with van der Waals surface area (Å²) in [5.41, 5.74) is 3.13. The minimum Gasteiger partial charge on any atom is -0.459 e. The van der Waals surface area contributed by atoms with Crippen molar-refractivity contribution in [3.8, 4) is 0 Å². The van der Waals surface area contributed by atoms with Gasteiger partial charge in [0.05, 0.1) is 5.54 Å². The number of hydrogen-bond acceptors (Lipinski definition) is 7. The van der Waals surface area contributed by atoms with Gasteiger partial charge >= 0.3 is 5.97 Å². The summed E-state index contributed by atoms with van der Waals surface area (Å²) in [4.78, 5) is 21.1. The molecule has 0 radical (unpaired) electrons. The van der Waals surface area contributed by atoms with E-state index in [4.69, 9.17) is 14.3 Å². The summed E-state index contributed by atoms with van der Waals surface area (Å²) in [5, 5.41) is 12.0. The van der Waals surface area contributed by atoms with Gasteiger partial charge in [-0.2, -0.15) is 0 Å². The largest absolute Gasteiger partial charge is 0.459 e. The van der Waals surface area contributed by atoms with Gasteiger partial charge in [0.2, 0.25) is 0 Å². The highest BCUT2D eigenvalue weighted by Gasteiger charge is 2.41. The average Bonchev–Trinajstić information content (AvgIpc) is 3.51. The van der Waals surface area contributed by atoms with Crippen molar-refractivity contribution >= 4 is 17.0 Å². The van der Waals surface area contributed by atoms with Crippen molar-refractivity contribution in [1.82, 2.24) is 20.5 Å². The third-order valence-corrected chi connectivity index (χ3v) is 8.12. The lowest BCUT2D eigenvalue weighted by Gasteiger charge is -2.40. The van der Waals surface area contributed by atoms with Gasteiger partial charge in [0.1, 0.15) is 28.4 Å². The molecule has 240 valence electrons. The van der Waals surface area contributed by atoms with Crippen LogP contribution in [0.1, 0.15) is 50.3 Å². The van der Waals surface area contributed by atoms with Crippen LogP contribution in [0.3, 0.4) is 0 Å². The van der Waals surface area contributed by atoms with Crippen LogP contribution in [-0.2, 0) is 19.8 Å². The summed E-state index contributed by atoms with van der Waals surface area (Å²) in [6.45, 7) is 5.68. The number of nitrogens with zero attached hydrogens (tertiary/aromatic N) is 3. The van der Waals surface area contributed by atoms with Crippen LogP contribution in [0.4, 0.5) is 0 Å². The lowest BCUT2D eigenvalue weighted by molar-refractivity contribution is -0.158. The summed E-state index contributed by atoms with van der Waals surface area (Å²) in [6, 6.07) is 37.8. The van der Waals surface area contributed by atoms with E-state index >= 15 is 0 Å². The fraction of sp³-hybridized carbons (Fsp3) is 0.256. The molecule has 0 fully saturated rings. The summed E-state index contributed by atoms with van der Waals surface area (Å²) in [6.07, 6.45) is 7.26. The van der Waals surface area contributed by atoms with Crippen molar-refractivity contribution in [3.63, 3.8) is 0 Å². The zero-order valence-corrected chi connectivity index (χ0v) is 27.0. The van der Waals surface area contributed by atoms with Gasteiger partial charge in [-0.1, -0.05) is 114 Å². The van der Waals surface area contributed by atoms with Crippen molar-refractivity contribution in [3.05, 3.63) is 156 Å². The van der Waals surface area contributed by atoms with Crippen molar-refractivity contribution in [2.75, 3.05) is 6.79 Å². The lowest BCUT2D eigenvalue weighted by Crippen LogP contribution is -2.54. The molecule has 0 bridgehead atoms. The third kappa shape index (κ3) is 7.45. The highest BCUT2D eigenvalue weighted by Crippen LogP contribution is 2.38. The molecule has 1 aromatic heterocycles. The van der Waals surface area contributed by atoms with Crippen LogP contribution in [0.5, 0.6) is 0 Å². The molecule has 47 heavy (non-hydrogen) atoms. The van der Waals surface area contributed by atoms with E-state index in [0.29, 0.717) is 18.6 Å². The first-order valence-corrected chi connectivity index (χ1v) is 15.9. The summed E-state index contributed by atoms with van der Waals surface area (Å²) in [5.74, 6) is 0.463. The number of benzene rings is 4. The van der Waals surface area contributed by atoms with Gasteiger partial charge < -0.3 is 14.3 Å². The molecular weight excluding hydrogens is 588 g/mol. The van der Waals surface area contributed by atoms with Gasteiger partial charge in [0.25, 0.3) is 6.79 Å². The van der Waals surface area contributed by atoms with Gasteiger partial charge in [-0.3, -0.25) is 10.1 Å². The third-order valence-electron chi connectivity index (χ3n) is 8.12. The molecular formula is C39H40N4O4. The highest BCUT2D eigenvalue weighted by molar-refractivity contribution is 5.77. The number of fused-ring (bicyclic) bond motifs is 1. The quantitative estimate of drug-likeness (QED) is 0.0907. The van der Waals surface area contributed by atoms with Crippen molar-refractivity contribution < 1.29 is 19.1 Å². The van der Waals surface area contributed by atoms with Crippen LogP contribution in [0, 0.1) is 5.92 Å². The van der Waals surface area contributed by atoms with Crippen LogP contribution in [0.15, 0.2) is 139 Å². The zero-order valence-electron chi connectivity index (χ0n) is 27.0. The predicted octanol–water partition coefficient (Wildman–Crippen LogP) is 6.98. The Morgan fingerprint density at radius 2 is 1.43 bits per heavy atom. The van der Waals surface area contributed by atoms with Gasteiger partial charge in [0.15, 0.2) is 0 Å². The Balaban J connectivity index is 1.24. The summed E-state index contributed by atoms with van der Waals surface area (Å²) >= 11 is 0. The fourth-order valence-electron chi connectivity index (χ4n) is 5.98. The predicted molar refractivity (Wildman–Crippen MR) is 182 cm³/mol. The van der Waals surface area contributed by atoms with Gasteiger partial charge in [-0.25, -0.2) is 0 Å². The molecule has 1 N–H and O–H groups in total. The van der Waals surface area contributed by atoms with Crippen LogP contribution >= 0.6 is 0 Å². The van der Waals surface area contributed by atoms with E-state index in [1.54, 1.807) is 0 Å². The van der Waals surface area contributed by atoms with E-state index in [9.17, 15) is 4.79 Å². The van der Waals surface area contributed by atoms with E-state index in [-0.39, 0.29) is 18.7 Å². The maximum absolute atomic E-state index is 14.0. The molecule has 0 amide bonds. The normalized spacial score (nSPS) is 15.6. The molecule has 2 atom stereocenters. The van der Waals surface area contributed by atoms with E-state index < -0.39 is 17.2 Å². The molecule has 1 aliphatic rings. The minimum absolute atomic E-state index is 0.0238. The first-order valence-electron chi connectivity index (χ1n) is 15.9. The molecule has 1 aliphatic carbocycles. The molecule has 6 rings (SSSR count). The summed E-state index contributed by atoms with van der Waals surface area (Å²) in [7, 11) is 0. The maximum atomic E-state index is 14.0. The molecule has 0 aliphatic heterocycles. The number of nitrogens with one attached hydrogen (secondary N) is 1. The number of para-hydroxylation sites is 1. The maximum Gasteiger partial charge on any atom is 0.323 e. The van der Waals surface area contributed by atoms with Gasteiger partial charge in [-0.05, 0) is 85.7 Å². The average molecular weight is 629 g/mol. The van der Waals surface area contributed by atoms with E-state index in [1.807, 2.05) is 112 Å². The monoisotopic (exact) mass is 628 g/mol. The Bertz CT molecular complexity index is 1730. The fourth-order valence-corrected chi connectivity index (χ4v) is 5.98. The van der Waals surface area contributed by atoms with E-state index in [2.05, 4.69) is 58.1 Å². The number of aromatic nitrogens is 3. The zero-order chi connectivity index (χ0) is 32.7. The number of hydrogen-bond donors (Lipinski definition) is 1. The SMILES string of the molecule is CC(C)(C)OC(=O)[C@@H](CC1C=CC(OCOn2nnc3ccccc32)=CC1)NC(c1ccccc1)(c1ccccc1)c1ccccc1. The molecule has 0 saturated carbocycles.